The van der Waals surface area contributed by atoms with Gasteiger partial charge in [0.15, 0.2) is 0 Å². The second kappa shape index (κ2) is 7.61. The van der Waals surface area contributed by atoms with Crippen LogP contribution in [0.5, 0.6) is 0 Å². The maximum atomic E-state index is 13.2. The number of amides is 1. The molecular formula is C19H21FN4O3. The SMILES string of the molecule is CCn1c(=O)c2ccn(CC(=O)NCc3cccc(F)c3)c2n(CC)c1=O. The summed E-state index contributed by atoms with van der Waals surface area (Å²) >= 11 is 0. The molecule has 0 aliphatic carbocycles. The molecule has 0 spiro atoms. The number of aromatic nitrogens is 3. The summed E-state index contributed by atoms with van der Waals surface area (Å²) in [5.74, 6) is -0.663. The van der Waals surface area contributed by atoms with Gasteiger partial charge in [0.25, 0.3) is 5.56 Å². The second-order valence-corrected chi connectivity index (χ2v) is 6.16. The maximum Gasteiger partial charge on any atom is 0.332 e. The minimum Gasteiger partial charge on any atom is -0.350 e. The second-order valence-electron chi connectivity index (χ2n) is 6.16. The van der Waals surface area contributed by atoms with Crippen LogP contribution >= 0.6 is 0 Å². The number of fused-ring (bicyclic) bond motifs is 1. The van der Waals surface area contributed by atoms with Crippen LogP contribution < -0.4 is 16.6 Å². The smallest absolute Gasteiger partial charge is 0.332 e. The third kappa shape index (κ3) is 3.55. The van der Waals surface area contributed by atoms with E-state index in [1.165, 1.54) is 21.3 Å². The molecule has 27 heavy (non-hydrogen) atoms. The van der Waals surface area contributed by atoms with E-state index in [1.807, 2.05) is 6.92 Å². The number of carbonyl (C=O) groups is 1. The largest absolute Gasteiger partial charge is 0.350 e. The average molecular weight is 372 g/mol. The summed E-state index contributed by atoms with van der Waals surface area (Å²) in [5.41, 5.74) is 0.328. The first-order valence-electron chi connectivity index (χ1n) is 8.79. The van der Waals surface area contributed by atoms with E-state index in [2.05, 4.69) is 5.32 Å². The number of hydrogen-bond donors (Lipinski definition) is 1. The van der Waals surface area contributed by atoms with Gasteiger partial charge in [0, 0.05) is 25.8 Å². The number of nitrogens with zero attached hydrogens (tertiary/aromatic N) is 3. The molecule has 0 bridgehead atoms. The van der Waals surface area contributed by atoms with Gasteiger partial charge in [-0.25, -0.2) is 9.18 Å². The highest BCUT2D eigenvalue weighted by molar-refractivity contribution is 5.80. The molecule has 0 aliphatic rings. The Labute approximate surface area is 154 Å². The van der Waals surface area contributed by atoms with E-state index in [9.17, 15) is 18.8 Å². The fraction of sp³-hybridized carbons (Fsp3) is 0.316. The van der Waals surface area contributed by atoms with Crippen LogP contribution in [0.3, 0.4) is 0 Å². The molecule has 1 amide bonds. The lowest BCUT2D eigenvalue weighted by atomic mass is 10.2. The van der Waals surface area contributed by atoms with Crippen molar-refractivity contribution in [3.63, 3.8) is 0 Å². The molecule has 0 aliphatic heterocycles. The van der Waals surface area contributed by atoms with Crippen molar-refractivity contribution in [3.8, 4) is 0 Å². The van der Waals surface area contributed by atoms with Crippen LogP contribution in [0.15, 0.2) is 46.1 Å². The normalized spacial score (nSPS) is 11.1. The van der Waals surface area contributed by atoms with Crippen molar-refractivity contribution in [1.82, 2.24) is 19.0 Å². The molecule has 3 rings (SSSR count). The van der Waals surface area contributed by atoms with Gasteiger partial charge in [0.2, 0.25) is 5.91 Å². The van der Waals surface area contributed by atoms with Gasteiger partial charge in [-0.3, -0.25) is 18.7 Å². The van der Waals surface area contributed by atoms with Crippen molar-refractivity contribution in [2.24, 2.45) is 0 Å². The number of carbonyl (C=O) groups excluding carboxylic acids is 1. The summed E-state index contributed by atoms with van der Waals surface area (Å²) in [4.78, 5) is 37.3. The van der Waals surface area contributed by atoms with Gasteiger partial charge in [-0.1, -0.05) is 12.1 Å². The van der Waals surface area contributed by atoms with Crippen LogP contribution in [-0.2, 0) is 31.0 Å². The highest BCUT2D eigenvalue weighted by atomic mass is 19.1. The van der Waals surface area contributed by atoms with Gasteiger partial charge < -0.3 is 9.88 Å². The van der Waals surface area contributed by atoms with Crippen LogP contribution in [-0.4, -0.2) is 19.6 Å². The quantitative estimate of drug-likeness (QED) is 0.712. The summed E-state index contributed by atoms with van der Waals surface area (Å²) in [7, 11) is 0. The molecule has 2 heterocycles. The molecule has 1 aromatic carbocycles. The zero-order valence-electron chi connectivity index (χ0n) is 15.2. The Morgan fingerprint density at radius 1 is 1.11 bits per heavy atom. The molecule has 0 unspecified atom stereocenters. The van der Waals surface area contributed by atoms with Gasteiger partial charge in [-0.05, 0) is 37.6 Å². The molecule has 0 radical (unpaired) electrons. The molecule has 8 heteroatoms. The number of hydrogen-bond acceptors (Lipinski definition) is 3. The van der Waals surface area contributed by atoms with Crippen molar-refractivity contribution in [3.05, 3.63) is 68.7 Å². The van der Waals surface area contributed by atoms with E-state index in [1.54, 1.807) is 35.9 Å². The Kier molecular flexibility index (Phi) is 5.25. The van der Waals surface area contributed by atoms with Crippen LogP contribution in [0, 0.1) is 5.82 Å². The Bertz CT molecular complexity index is 1110. The third-order valence-electron chi connectivity index (χ3n) is 4.45. The summed E-state index contributed by atoms with van der Waals surface area (Å²) in [5, 5.41) is 3.12. The first kappa shape index (κ1) is 18.6. The predicted molar refractivity (Wildman–Crippen MR) is 100 cm³/mol. The van der Waals surface area contributed by atoms with E-state index >= 15 is 0 Å². The molecule has 3 aromatic rings. The van der Waals surface area contributed by atoms with Crippen LogP contribution in [0.25, 0.3) is 11.0 Å². The van der Waals surface area contributed by atoms with Crippen molar-refractivity contribution >= 4 is 16.9 Å². The number of rotatable bonds is 6. The van der Waals surface area contributed by atoms with Crippen LogP contribution in [0.1, 0.15) is 19.4 Å². The fourth-order valence-electron chi connectivity index (χ4n) is 3.15. The lowest BCUT2D eigenvalue weighted by Crippen LogP contribution is -2.40. The molecule has 0 fully saturated rings. The van der Waals surface area contributed by atoms with Crippen molar-refractivity contribution in [2.45, 2.75) is 40.0 Å². The minimum atomic E-state index is -0.391. The number of nitrogens with one attached hydrogen (secondary N) is 1. The van der Waals surface area contributed by atoms with E-state index in [0.29, 0.717) is 23.1 Å². The fourth-order valence-corrected chi connectivity index (χ4v) is 3.15. The predicted octanol–water partition coefficient (Wildman–Crippen LogP) is 1.46. The molecule has 0 saturated carbocycles. The summed E-state index contributed by atoms with van der Waals surface area (Å²) < 4.78 is 17.5. The molecule has 2 aromatic heterocycles. The Balaban J connectivity index is 1.88. The van der Waals surface area contributed by atoms with E-state index in [-0.39, 0.29) is 36.9 Å². The molecule has 7 nitrogen and oxygen atoms in total. The van der Waals surface area contributed by atoms with Gasteiger partial charge >= 0.3 is 5.69 Å². The Hall–Kier alpha value is -3.16. The molecule has 0 saturated heterocycles. The number of halogens is 1. The maximum absolute atomic E-state index is 13.2. The van der Waals surface area contributed by atoms with Crippen molar-refractivity contribution in [2.75, 3.05) is 0 Å². The third-order valence-corrected chi connectivity index (χ3v) is 4.45. The molecule has 0 atom stereocenters. The van der Waals surface area contributed by atoms with Crippen LogP contribution in [0.2, 0.25) is 0 Å². The van der Waals surface area contributed by atoms with Gasteiger partial charge in [0.1, 0.15) is 18.0 Å². The number of benzene rings is 1. The monoisotopic (exact) mass is 372 g/mol. The summed E-state index contributed by atoms with van der Waals surface area (Å²) in [6.07, 6.45) is 1.62. The van der Waals surface area contributed by atoms with Gasteiger partial charge in [-0.2, -0.15) is 0 Å². The standard InChI is InChI=1S/C19H21FN4O3/c1-3-23-17-15(18(26)24(4-2)19(23)27)8-9-22(17)12-16(25)21-11-13-6-5-7-14(20)10-13/h5-10H,3-4,11-12H2,1-2H3,(H,21,25). The average Bonchev–Trinajstić information content (AvgIpc) is 3.05. The Morgan fingerprint density at radius 2 is 1.85 bits per heavy atom. The lowest BCUT2D eigenvalue weighted by Gasteiger charge is -2.13. The highest BCUT2D eigenvalue weighted by Crippen LogP contribution is 2.11. The van der Waals surface area contributed by atoms with Crippen molar-refractivity contribution < 1.29 is 9.18 Å². The zero-order chi connectivity index (χ0) is 19.6. The Morgan fingerprint density at radius 3 is 2.52 bits per heavy atom. The van der Waals surface area contributed by atoms with E-state index < -0.39 is 5.69 Å². The summed E-state index contributed by atoms with van der Waals surface area (Å²) in [6, 6.07) is 7.61. The first-order valence-corrected chi connectivity index (χ1v) is 8.79. The topological polar surface area (TPSA) is 78.0 Å². The first-order chi connectivity index (χ1) is 13.0. The van der Waals surface area contributed by atoms with Crippen molar-refractivity contribution in [1.29, 1.82) is 0 Å². The molecule has 142 valence electrons. The zero-order valence-corrected chi connectivity index (χ0v) is 15.2. The van der Waals surface area contributed by atoms with Crippen LogP contribution in [0.4, 0.5) is 4.39 Å². The minimum absolute atomic E-state index is 0.0478. The molecule has 1 N–H and O–H groups in total. The van der Waals surface area contributed by atoms with E-state index in [4.69, 9.17) is 0 Å². The summed E-state index contributed by atoms with van der Waals surface area (Å²) in [6.45, 7) is 4.36. The van der Waals surface area contributed by atoms with Gasteiger partial charge in [0.05, 0.1) is 5.39 Å². The lowest BCUT2D eigenvalue weighted by molar-refractivity contribution is -0.121. The van der Waals surface area contributed by atoms with E-state index in [0.717, 1.165) is 0 Å². The van der Waals surface area contributed by atoms with Gasteiger partial charge in [-0.15, -0.1) is 0 Å². The number of aryl methyl sites for hydroxylation is 1. The molecular weight excluding hydrogens is 351 g/mol. The highest BCUT2D eigenvalue weighted by Gasteiger charge is 2.16.